The van der Waals surface area contributed by atoms with E-state index in [1.807, 2.05) is 32.0 Å². The Kier molecular flexibility index (Phi) is 7.16. The first-order chi connectivity index (χ1) is 12.5. The van der Waals surface area contributed by atoms with Gasteiger partial charge in [0.1, 0.15) is 5.75 Å². The van der Waals surface area contributed by atoms with Gasteiger partial charge in [-0.25, -0.2) is 0 Å². The topological polar surface area (TPSA) is 48.0 Å². The molecule has 0 unspecified atom stereocenters. The Balaban J connectivity index is 2.39. The van der Waals surface area contributed by atoms with E-state index in [0.717, 1.165) is 6.42 Å². The molecule has 0 N–H and O–H groups in total. The van der Waals surface area contributed by atoms with E-state index >= 15 is 0 Å². The second-order valence-electron chi connectivity index (χ2n) is 5.60. The molecule has 0 aliphatic carbocycles. The molecule has 0 saturated heterocycles. The summed E-state index contributed by atoms with van der Waals surface area (Å²) in [6, 6.07) is 10.6. The van der Waals surface area contributed by atoms with Crippen LogP contribution in [-0.2, 0) is 0 Å². The van der Waals surface area contributed by atoms with Gasteiger partial charge in [-0.3, -0.25) is 4.79 Å². The van der Waals surface area contributed by atoms with Crippen molar-refractivity contribution in [2.45, 2.75) is 20.3 Å². The number of para-hydroxylation sites is 2. The highest BCUT2D eigenvalue weighted by Gasteiger charge is 2.21. The molecule has 0 radical (unpaired) electrons. The molecule has 6 heteroatoms. The first-order valence-electron chi connectivity index (χ1n) is 8.53. The standard InChI is InChI=1S/C20H24ClNO4/c1-5-11-26-19-15(21)12-14(13-18(19)25-6-2)20(23)22(3)16-9-7-8-10-17(16)24-4/h7-10,12-13H,5-6,11H2,1-4H3. The zero-order valence-corrected chi connectivity index (χ0v) is 16.3. The van der Waals surface area contributed by atoms with E-state index in [4.69, 9.17) is 25.8 Å². The van der Waals surface area contributed by atoms with Crippen LogP contribution in [0.4, 0.5) is 5.69 Å². The second kappa shape index (κ2) is 9.34. The molecule has 1 amide bonds. The minimum absolute atomic E-state index is 0.223. The number of hydrogen-bond acceptors (Lipinski definition) is 4. The molecular formula is C20H24ClNO4. The molecule has 26 heavy (non-hydrogen) atoms. The average Bonchev–Trinajstić information content (AvgIpc) is 2.66. The Morgan fingerprint density at radius 3 is 2.50 bits per heavy atom. The van der Waals surface area contributed by atoms with Crippen molar-refractivity contribution < 1.29 is 19.0 Å². The Bertz CT molecular complexity index is 763. The first-order valence-corrected chi connectivity index (χ1v) is 8.91. The molecule has 0 bridgehead atoms. The number of anilines is 1. The lowest BCUT2D eigenvalue weighted by molar-refractivity contribution is 0.0992. The van der Waals surface area contributed by atoms with E-state index in [2.05, 4.69) is 0 Å². The molecule has 2 aromatic rings. The van der Waals surface area contributed by atoms with Gasteiger partial charge in [0.15, 0.2) is 11.5 Å². The highest BCUT2D eigenvalue weighted by Crippen LogP contribution is 2.38. The molecule has 0 spiro atoms. The fraction of sp³-hybridized carbons (Fsp3) is 0.350. The highest BCUT2D eigenvalue weighted by molar-refractivity contribution is 6.32. The van der Waals surface area contributed by atoms with Crippen LogP contribution in [0.15, 0.2) is 36.4 Å². The number of carbonyl (C=O) groups is 1. The third kappa shape index (κ3) is 4.41. The fourth-order valence-corrected chi connectivity index (χ4v) is 2.77. The van der Waals surface area contributed by atoms with E-state index in [9.17, 15) is 4.79 Å². The summed E-state index contributed by atoms with van der Waals surface area (Å²) in [6.07, 6.45) is 0.846. The van der Waals surface area contributed by atoms with Crippen molar-refractivity contribution in [3.63, 3.8) is 0 Å². The van der Waals surface area contributed by atoms with Gasteiger partial charge in [-0.1, -0.05) is 30.7 Å². The van der Waals surface area contributed by atoms with E-state index < -0.39 is 0 Å². The normalized spacial score (nSPS) is 10.3. The molecule has 2 rings (SSSR count). The number of nitrogens with zero attached hydrogens (tertiary/aromatic N) is 1. The number of benzene rings is 2. The van der Waals surface area contributed by atoms with Crippen LogP contribution in [0.2, 0.25) is 5.02 Å². The van der Waals surface area contributed by atoms with Gasteiger partial charge in [0.2, 0.25) is 0 Å². The summed E-state index contributed by atoms with van der Waals surface area (Å²) in [5.41, 5.74) is 1.08. The number of hydrogen-bond donors (Lipinski definition) is 0. The lowest BCUT2D eigenvalue weighted by atomic mass is 10.1. The Hall–Kier alpha value is -2.40. The first kappa shape index (κ1) is 19.9. The second-order valence-corrected chi connectivity index (χ2v) is 6.01. The van der Waals surface area contributed by atoms with E-state index in [-0.39, 0.29) is 5.91 Å². The predicted molar refractivity (Wildman–Crippen MR) is 104 cm³/mol. The van der Waals surface area contributed by atoms with Crippen molar-refractivity contribution in [3.05, 3.63) is 47.0 Å². The largest absolute Gasteiger partial charge is 0.495 e. The van der Waals surface area contributed by atoms with Gasteiger partial charge in [0.05, 0.1) is 31.0 Å². The van der Waals surface area contributed by atoms with Crippen LogP contribution in [0.1, 0.15) is 30.6 Å². The SMILES string of the molecule is CCCOc1c(Cl)cc(C(=O)N(C)c2ccccc2OC)cc1OCC. The third-order valence-electron chi connectivity index (χ3n) is 3.76. The van der Waals surface area contributed by atoms with Gasteiger partial charge < -0.3 is 19.1 Å². The molecule has 0 aliphatic rings. The number of methoxy groups -OCH3 is 1. The summed E-state index contributed by atoms with van der Waals surface area (Å²) in [5.74, 6) is 1.32. The zero-order chi connectivity index (χ0) is 19.1. The maximum Gasteiger partial charge on any atom is 0.258 e. The quantitative estimate of drug-likeness (QED) is 0.662. The lowest BCUT2D eigenvalue weighted by Crippen LogP contribution is -2.26. The Morgan fingerprint density at radius 2 is 1.85 bits per heavy atom. The molecular weight excluding hydrogens is 354 g/mol. The van der Waals surface area contributed by atoms with Crippen LogP contribution in [0.5, 0.6) is 17.2 Å². The maximum absolute atomic E-state index is 13.0. The molecule has 0 saturated carbocycles. The zero-order valence-electron chi connectivity index (χ0n) is 15.5. The van der Waals surface area contributed by atoms with Gasteiger partial charge >= 0.3 is 0 Å². The highest BCUT2D eigenvalue weighted by atomic mass is 35.5. The van der Waals surface area contributed by atoms with Crippen molar-refractivity contribution in [1.82, 2.24) is 0 Å². The van der Waals surface area contributed by atoms with Crippen molar-refractivity contribution >= 4 is 23.2 Å². The molecule has 0 fully saturated rings. The number of halogens is 1. The van der Waals surface area contributed by atoms with Crippen molar-refractivity contribution in [2.75, 3.05) is 32.3 Å². The minimum Gasteiger partial charge on any atom is -0.495 e. The monoisotopic (exact) mass is 377 g/mol. The van der Waals surface area contributed by atoms with Crippen LogP contribution in [-0.4, -0.2) is 33.3 Å². The van der Waals surface area contributed by atoms with Crippen molar-refractivity contribution in [3.8, 4) is 17.2 Å². The van der Waals surface area contributed by atoms with Gasteiger partial charge in [-0.2, -0.15) is 0 Å². The molecule has 0 atom stereocenters. The van der Waals surface area contributed by atoms with Crippen LogP contribution in [0.25, 0.3) is 0 Å². The molecule has 5 nitrogen and oxygen atoms in total. The van der Waals surface area contributed by atoms with Crippen LogP contribution in [0.3, 0.4) is 0 Å². The third-order valence-corrected chi connectivity index (χ3v) is 4.04. The summed E-state index contributed by atoms with van der Waals surface area (Å²) in [6.45, 7) is 4.84. The van der Waals surface area contributed by atoms with Gasteiger partial charge in [0.25, 0.3) is 5.91 Å². The fourth-order valence-electron chi connectivity index (χ4n) is 2.51. The molecule has 0 heterocycles. The van der Waals surface area contributed by atoms with Crippen LogP contribution < -0.4 is 19.1 Å². The smallest absolute Gasteiger partial charge is 0.258 e. The summed E-state index contributed by atoms with van der Waals surface area (Å²) < 4.78 is 16.7. The molecule has 140 valence electrons. The summed E-state index contributed by atoms with van der Waals surface area (Å²) in [7, 11) is 3.26. The summed E-state index contributed by atoms with van der Waals surface area (Å²) in [4.78, 5) is 14.5. The van der Waals surface area contributed by atoms with Gasteiger partial charge in [-0.05, 0) is 37.6 Å². The lowest BCUT2D eigenvalue weighted by Gasteiger charge is -2.21. The van der Waals surface area contributed by atoms with E-state index in [1.165, 1.54) is 4.90 Å². The van der Waals surface area contributed by atoms with Gasteiger partial charge in [0, 0.05) is 12.6 Å². The molecule has 0 aliphatic heterocycles. The van der Waals surface area contributed by atoms with Crippen molar-refractivity contribution in [1.29, 1.82) is 0 Å². The number of ether oxygens (including phenoxy) is 3. The van der Waals surface area contributed by atoms with Gasteiger partial charge in [-0.15, -0.1) is 0 Å². The van der Waals surface area contributed by atoms with E-state index in [0.29, 0.717) is 46.7 Å². The molecule has 2 aromatic carbocycles. The number of carbonyl (C=O) groups excluding carboxylic acids is 1. The summed E-state index contributed by atoms with van der Waals surface area (Å²) in [5, 5.41) is 0.348. The number of amides is 1. The van der Waals surface area contributed by atoms with Crippen LogP contribution >= 0.6 is 11.6 Å². The Morgan fingerprint density at radius 1 is 1.12 bits per heavy atom. The molecule has 0 aromatic heterocycles. The summed E-state index contributed by atoms with van der Waals surface area (Å²) >= 11 is 6.36. The Labute approximate surface area is 159 Å². The minimum atomic E-state index is -0.223. The number of rotatable bonds is 8. The predicted octanol–water partition coefficient (Wildman–Crippen LogP) is 4.81. The van der Waals surface area contributed by atoms with E-state index in [1.54, 1.807) is 32.4 Å². The van der Waals surface area contributed by atoms with Crippen LogP contribution in [0, 0.1) is 0 Å². The van der Waals surface area contributed by atoms with Crippen molar-refractivity contribution in [2.24, 2.45) is 0 Å². The average molecular weight is 378 g/mol. The maximum atomic E-state index is 13.0.